The Labute approximate surface area is 150 Å². The molecule has 0 aliphatic rings. The second-order valence-corrected chi connectivity index (χ2v) is 6.28. The molecule has 3 N–H and O–H groups in total. The van der Waals surface area contributed by atoms with Gasteiger partial charge in [0.25, 0.3) is 5.91 Å². The number of thiophene rings is 1. The van der Waals surface area contributed by atoms with Gasteiger partial charge in [0, 0.05) is 24.8 Å². The van der Waals surface area contributed by atoms with Crippen LogP contribution < -0.4 is 11.1 Å². The van der Waals surface area contributed by atoms with E-state index in [4.69, 9.17) is 10.5 Å². The first-order valence-corrected chi connectivity index (χ1v) is 8.91. The number of nitrogens with zero attached hydrogens (tertiary/aromatic N) is 2. The van der Waals surface area contributed by atoms with Gasteiger partial charge in [-0.3, -0.25) is 4.79 Å². The molecule has 130 valence electrons. The Morgan fingerprint density at radius 2 is 2.08 bits per heavy atom. The molecule has 25 heavy (non-hydrogen) atoms. The van der Waals surface area contributed by atoms with Crippen LogP contribution in [0.15, 0.2) is 54.2 Å². The number of ether oxygens (including phenoxy) is 1. The molecule has 3 rings (SSSR count). The Balaban J connectivity index is 1.62. The zero-order chi connectivity index (χ0) is 17.5. The third kappa shape index (κ3) is 4.54. The first kappa shape index (κ1) is 17.3. The molecule has 2 heterocycles. The van der Waals surface area contributed by atoms with E-state index in [0.717, 1.165) is 16.8 Å². The van der Waals surface area contributed by atoms with Crippen LogP contribution in [0.2, 0.25) is 0 Å². The summed E-state index contributed by atoms with van der Waals surface area (Å²) in [5.74, 6) is -0.0944. The molecule has 0 saturated carbocycles. The molecule has 0 unspecified atom stereocenters. The summed E-state index contributed by atoms with van der Waals surface area (Å²) in [6.45, 7) is 1.92. The first-order valence-electron chi connectivity index (χ1n) is 8.03. The average Bonchev–Trinajstić information content (AvgIpc) is 3.31. The van der Waals surface area contributed by atoms with E-state index in [9.17, 15) is 4.79 Å². The van der Waals surface area contributed by atoms with E-state index in [-0.39, 0.29) is 5.91 Å². The Morgan fingerprint density at radius 1 is 1.24 bits per heavy atom. The molecule has 3 aromatic rings. The topological polar surface area (TPSA) is 82.2 Å². The Kier molecular flexibility index (Phi) is 5.95. The van der Waals surface area contributed by atoms with E-state index in [2.05, 4.69) is 10.4 Å². The number of benzene rings is 1. The summed E-state index contributed by atoms with van der Waals surface area (Å²) in [4.78, 5) is 12.8. The first-order chi connectivity index (χ1) is 12.3. The monoisotopic (exact) mass is 356 g/mol. The molecule has 1 amide bonds. The van der Waals surface area contributed by atoms with E-state index in [1.54, 1.807) is 6.20 Å². The molecule has 0 fully saturated rings. The minimum atomic E-state index is -0.0944. The number of aromatic nitrogens is 2. The largest absolute Gasteiger partial charge is 0.378 e. The van der Waals surface area contributed by atoms with E-state index in [0.29, 0.717) is 31.2 Å². The zero-order valence-electron chi connectivity index (χ0n) is 13.7. The smallest absolute Gasteiger partial charge is 0.261 e. The van der Waals surface area contributed by atoms with Crippen LogP contribution in [0, 0.1) is 0 Å². The quantitative estimate of drug-likeness (QED) is 0.607. The molecular formula is C18H20N4O2S. The van der Waals surface area contributed by atoms with Gasteiger partial charge in [0.15, 0.2) is 0 Å². The van der Waals surface area contributed by atoms with Crippen LogP contribution in [0.3, 0.4) is 0 Å². The normalized spacial score (nSPS) is 10.8. The lowest BCUT2D eigenvalue weighted by Gasteiger charge is -2.04. The van der Waals surface area contributed by atoms with Crippen LogP contribution in [0.5, 0.6) is 0 Å². The van der Waals surface area contributed by atoms with Crippen LogP contribution in [0.1, 0.15) is 9.67 Å². The van der Waals surface area contributed by atoms with Crippen LogP contribution in [0.25, 0.3) is 16.8 Å². The van der Waals surface area contributed by atoms with Gasteiger partial charge in [0.05, 0.1) is 30.0 Å². The van der Waals surface area contributed by atoms with Gasteiger partial charge >= 0.3 is 0 Å². The van der Waals surface area contributed by atoms with Crippen molar-refractivity contribution in [3.05, 3.63) is 59.0 Å². The van der Waals surface area contributed by atoms with Crippen molar-refractivity contribution in [2.45, 2.75) is 0 Å². The number of amides is 1. The third-order valence-corrected chi connectivity index (χ3v) is 4.48. The van der Waals surface area contributed by atoms with Gasteiger partial charge < -0.3 is 15.8 Å². The van der Waals surface area contributed by atoms with Crippen molar-refractivity contribution in [1.82, 2.24) is 15.1 Å². The van der Waals surface area contributed by atoms with Crippen molar-refractivity contribution in [1.29, 1.82) is 0 Å². The highest BCUT2D eigenvalue weighted by atomic mass is 32.1. The SMILES string of the molecule is NCCOCCNC(=O)c1cc(-c2cnn(-c3ccccc3)c2)cs1. The molecule has 0 radical (unpaired) electrons. The molecule has 1 aromatic carbocycles. The summed E-state index contributed by atoms with van der Waals surface area (Å²) in [5.41, 5.74) is 8.30. The second kappa shape index (κ2) is 8.57. The number of rotatable bonds is 8. The standard InChI is InChI=1S/C18H20N4O2S/c19-6-8-24-9-7-20-18(23)17-10-14(13-25-17)15-11-21-22(12-15)16-4-2-1-3-5-16/h1-5,10-13H,6-9,19H2,(H,20,23). The summed E-state index contributed by atoms with van der Waals surface area (Å²) in [5, 5.41) is 9.19. The van der Waals surface area contributed by atoms with E-state index >= 15 is 0 Å². The summed E-state index contributed by atoms with van der Waals surface area (Å²) < 4.78 is 7.06. The molecule has 6 nitrogen and oxygen atoms in total. The fourth-order valence-electron chi connectivity index (χ4n) is 2.31. The third-order valence-electron chi connectivity index (χ3n) is 3.55. The maximum Gasteiger partial charge on any atom is 0.261 e. The predicted molar refractivity (Wildman–Crippen MR) is 99.1 cm³/mol. The van der Waals surface area contributed by atoms with Crippen molar-refractivity contribution in [3.8, 4) is 16.8 Å². The molecule has 0 saturated heterocycles. The molecule has 2 aromatic heterocycles. The Hall–Kier alpha value is -2.48. The van der Waals surface area contributed by atoms with Gasteiger partial charge in [0.2, 0.25) is 0 Å². The average molecular weight is 356 g/mol. The lowest BCUT2D eigenvalue weighted by Crippen LogP contribution is -2.27. The van der Waals surface area contributed by atoms with Gasteiger partial charge in [0.1, 0.15) is 0 Å². The van der Waals surface area contributed by atoms with Crippen molar-refractivity contribution in [3.63, 3.8) is 0 Å². The van der Waals surface area contributed by atoms with Crippen LogP contribution in [0.4, 0.5) is 0 Å². The second-order valence-electron chi connectivity index (χ2n) is 5.37. The van der Waals surface area contributed by atoms with Crippen molar-refractivity contribution in [2.24, 2.45) is 5.73 Å². The van der Waals surface area contributed by atoms with Gasteiger partial charge in [-0.25, -0.2) is 4.68 Å². The molecule has 7 heteroatoms. The summed E-state index contributed by atoms with van der Waals surface area (Å²) >= 11 is 1.42. The predicted octanol–water partition coefficient (Wildman–Crippen LogP) is 2.31. The van der Waals surface area contributed by atoms with Crippen molar-refractivity contribution in [2.75, 3.05) is 26.3 Å². The number of hydrogen-bond acceptors (Lipinski definition) is 5. The van der Waals surface area contributed by atoms with Gasteiger partial charge in [-0.05, 0) is 29.1 Å². The minimum Gasteiger partial charge on any atom is -0.378 e. The minimum absolute atomic E-state index is 0.0944. The maximum absolute atomic E-state index is 12.1. The van der Waals surface area contributed by atoms with E-state index in [1.807, 2.05) is 52.7 Å². The number of para-hydroxylation sites is 1. The highest BCUT2D eigenvalue weighted by Crippen LogP contribution is 2.26. The van der Waals surface area contributed by atoms with Crippen molar-refractivity contribution < 1.29 is 9.53 Å². The highest BCUT2D eigenvalue weighted by Gasteiger charge is 2.11. The van der Waals surface area contributed by atoms with Gasteiger partial charge in [-0.15, -0.1) is 11.3 Å². The molecule has 0 aliphatic carbocycles. The number of nitrogens with one attached hydrogen (secondary N) is 1. The lowest BCUT2D eigenvalue weighted by atomic mass is 10.2. The fraction of sp³-hybridized carbons (Fsp3) is 0.222. The summed E-state index contributed by atoms with van der Waals surface area (Å²) in [7, 11) is 0. The molecule has 0 spiro atoms. The Morgan fingerprint density at radius 3 is 2.88 bits per heavy atom. The van der Waals surface area contributed by atoms with E-state index < -0.39 is 0 Å². The number of nitrogens with two attached hydrogens (primary N) is 1. The zero-order valence-corrected chi connectivity index (χ0v) is 14.5. The summed E-state index contributed by atoms with van der Waals surface area (Å²) in [6, 6.07) is 11.8. The molecule has 0 aliphatic heterocycles. The van der Waals surface area contributed by atoms with Crippen LogP contribution >= 0.6 is 11.3 Å². The summed E-state index contributed by atoms with van der Waals surface area (Å²) in [6.07, 6.45) is 3.76. The maximum atomic E-state index is 12.1. The lowest BCUT2D eigenvalue weighted by molar-refractivity contribution is 0.0924. The van der Waals surface area contributed by atoms with Crippen molar-refractivity contribution >= 4 is 17.2 Å². The van der Waals surface area contributed by atoms with Crippen LogP contribution in [-0.2, 0) is 4.74 Å². The number of carbonyl (C=O) groups excluding carboxylic acids is 1. The fourth-order valence-corrected chi connectivity index (χ4v) is 3.14. The molecular weight excluding hydrogens is 336 g/mol. The van der Waals surface area contributed by atoms with Crippen LogP contribution in [-0.4, -0.2) is 42.0 Å². The molecule has 0 bridgehead atoms. The number of hydrogen-bond donors (Lipinski definition) is 2. The highest BCUT2D eigenvalue weighted by molar-refractivity contribution is 7.12. The Bertz CT molecular complexity index is 813. The number of carbonyl (C=O) groups is 1. The van der Waals surface area contributed by atoms with Gasteiger partial charge in [-0.1, -0.05) is 18.2 Å². The van der Waals surface area contributed by atoms with Gasteiger partial charge in [-0.2, -0.15) is 5.10 Å². The van der Waals surface area contributed by atoms with E-state index in [1.165, 1.54) is 11.3 Å². The molecule has 0 atom stereocenters.